The van der Waals surface area contributed by atoms with Gasteiger partial charge in [0.15, 0.2) is 0 Å². The molecule has 1 unspecified atom stereocenters. The van der Waals surface area contributed by atoms with Crippen molar-refractivity contribution in [2.24, 2.45) is 11.8 Å². The average molecular weight is 212 g/mol. The van der Waals surface area contributed by atoms with E-state index in [4.69, 9.17) is 0 Å². The average Bonchev–Trinajstić information content (AvgIpc) is 2.60. The highest BCUT2D eigenvalue weighted by Crippen LogP contribution is 2.15. The van der Waals surface area contributed by atoms with Crippen LogP contribution in [0.4, 0.5) is 0 Å². The van der Waals surface area contributed by atoms with Crippen LogP contribution in [0.2, 0.25) is 0 Å². The van der Waals surface area contributed by atoms with Crippen molar-refractivity contribution in [3.8, 4) is 0 Å². The lowest BCUT2D eigenvalue weighted by Gasteiger charge is -2.20. The molecule has 0 spiro atoms. The van der Waals surface area contributed by atoms with Gasteiger partial charge in [0, 0.05) is 26.1 Å². The number of rotatable bonds is 5. The Morgan fingerprint density at radius 2 is 2.33 bits per heavy atom. The lowest BCUT2D eigenvalue weighted by Crippen LogP contribution is -2.34. The van der Waals surface area contributed by atoms with E-state index >= 15 is 0 Å². The second kappa shape index (κ2) is 6.11. The molecule has 1 aliphatic rings. The third-order valence-corrected chi connectivity index (χ3v) is 3.05. The predicted molar refractivity (Wildman–Crippen MR) is 62.7 cm³/mol. The van der Waals surface area contributed by atoms with Crippen molar-refractivity contribution in [3.63, 3.8) is 0 Å². The number of nitrogens with one attached hydrogen (secondary N) is 1. The number of likely N-dealkylation sites (tertiary alicyclic amines) is 1. The number of hydrogen-bond donors (Lipinski definition) is 1. The summed E-state index contributed by atoms with van der Waals surface area (Å²) in [5, 5.41) is 2.95. The molecule has 15 heavy (non-hydrogen) atoms. The molecule has 1 amide bonds. The predicted octanol–water partition coefficient (Wildman–Crippen LogP) is 1.49. The molecular formula is C12H24N2O. The van der Waals surface area contributed by atoms with Gasteiger partial charge >= 0.3 is 0 Å². The van der Waals surface area contributed by atoms with Crippen LogP contribution in [0.15, 0.2) is 0 Å². The highest BCUT2D eigenvalue weighted by molar-refractivity contribution is 5.75. The lowest BCUT2D eigenvalue weighted by atomic mass is 10.1. The van der Waals surface area contributed by atoms with Gasteiger partial charge in [-0.3, -0.25) is 4.79 Å². The number of carbonyl (C=O) groups excluding carboxylic acids is 1. The third-order valence-electron chi connectivity index (χ3n) is 3.05. The molecule has 2 atom stereocenters. The van der Waals surface area contributed by atoms with Crippen LogP contribution in [0, 0.1) is 11.8 Å². The molecule has 1 heterocycles. The van der Waals surface area contributed by atoms with Gasteiger partial charge in [-0.2, -0.15) is 0 Å². The molecule has 1 N–H and O–H groups in total. The fourth-order valence-electron chi connectivity index (χ4n) is 2.11. The molecule has 88 valence electrons. The molecule has 0 aromatic rings. The monoisotopic (exact) mass is 212 g/mol. The minimum absolute atomic E-state index is 0.164. The maximum atomic E-state index is 11.1. The van der Waals surface area contributed by atoms with E-state index in [0.717, 1.165) is 19.0 Å². The first kappa shape index (κ1) is 12.5. The zero-order valence-electron chi connectivity index (χ0n) is 10.3. The van der Waals surface area contributed by atoms with Crippen molar-refractivity contribution in [1.29, 1.82) is 0 Å². The van der Waals surface area contributed by atoms with E-state index in [1.54, 1.807) is 0 Å². The molecule has 3 heteroatoms. The molecular weight excluding hydrogens is 188 g/mol. The molecule has 3 nitrogen and oxygen atoms in total. The van der Waals surface area contributed by atoms with Crippen molar-refractivity contribution in [3.05, 3.63) is 0 Å². The van der Waals surface area contributed by atoms with E-state index in [9.17, 15) is 4.79 Å². The molecule has 0 saturated carbocycles. The van der Waals surface area contributed by atoms with Crippen molar-refractivity contribution in [2.45, 2.75) is 33.6 Å². The van der Waals surface area contributed by atoms with Crippen LogP contribution >= 0.6 is 0 Å². The first-order chi connectivity index (χ1) is 7.11. The Hall–Kier alpha value is -0.570. The van der Waals surface area contributed by atoms with Gasteiger partial charge in [-0.15, -0.1) is 0 Å². The zero-order valence-corrected chi connectivity index (χ0v) is 10.3. The summed E-state index contributed by atoms with van der Waals surface area (Å²) in [7, 11) is 0. The van der Waals surface area contributed by atoms with Gasteiger partial charge in [-0.05, 0) is 24.8 Å². The van der Waals surface area contributed by atoms with Crippen LogP contribution in [0.25, 0.3) is 0 Å². The van der Waals surface area contributed by atoms with Gasteiger partial charge < -0.3 is 10.2 Å². The van der Waals surface area contributed by atoms with Crippen molar-refractivity contribution in [1.82, 2.24) is 10.2 Å². The second-order valence-corrected chi connectivity index (χ2v) is 4.92. The normalized spacial score (nSPS) is 24.1. The quantitative estimate of drug-likeness (QED) is 0.749. The Labute approximate surface area is 93.2 Å². The van der Waals surface area contributed by atoms with Crippen LogP contribution in [0.5, 0.6) is 0 Å². The number of amides is 1. The van der Waals surface area contributed by atoms with Crippen LogP contribution in [-0.4, -0.2) is 37.0 Å². The van der Waals surface area contributed by atoms with E-state index in [-0.39, 0.29) is 5.91 Å². The number of carbonyl (C=O) groups is 1. The zero-order chi connectivity index (χ0) is 11.3. The van der Waals surface area contributed by atoms with Gasteiger partial charge in [0.1, 0.15) is 0 Å². The fraction of sp³-hybridized carbons (Fsp3) is 0.917. The molecule has 1 fully saturated rings. The van der Waals surface area contributed by atoms with Crippen molar-refractivity contribution in [2.75, 3.05) is 26.2 Å². The molecule has 0 aromatic carbocycles. The summed E-state index contributed by atoms with van der Waals surface area (Å²) >= 11 is 0. The largest absolute Gasteiger partial charge is 0.356 e. The van der Waals surface area contributed by atoms with Gasteiger partial charge in [-0.25, -0.2) is 0 Å². The van der Waals surface area contributed by atoms with E-state index in [1.165, 1.54) is 19.5 Å². The van der Waals surface area contributed by atoms with Crippen molar-refractivity contribution >= 4 is 5.91 Å². The standard InChI is InChI=1S/C12H24N2O/c1-4-12(15)13-7-11(3)9-14-6-5-10(2)8-14/h10-11H,4-9H2,1-3H3,(H,13,15)/t10-,11?/m0/s1. The van der Waals surface area contributed by atoms with Gasteiger partial charge in [0.05, 0.1) is 0 Å². The summed E-state index contributed by atoms with van der Waals surface area (Å²) in [4.78, 5) is 13.6. The SMILES string of the molecule is CCC(=O)NCC(C)CN1CC[C@H](C)C1. The Morgan fingerprint density at radius 1 is 1.60 bits per heavy atom. The van der Waals surface area contributed by atoms with Crippen LogP contribution in [0.3, 0.4) is 0 Å². The van der Waals surface area contributed by atoms with E-state index in [1.807, 2.05) is 6.92 Å². The maximum Gasteiger partial charge on any atom is 0.219 e. The first-order valence-corrected chi connectivity index (χ1v) is 6.10. The third kappa shape index (κ3) is 4.65. The van der Waals surface area contributed by atoms with E-state index in [0.29, 0.717) is 12.3 Å². The van der Waals surface area contributed by atoms with Gasteiger partial charge in [0.25, 0.3) is 0 Å². The smallest absolute Gasteiger partial charge is 0.219 e. The topological polar surface area (TPSA) is 32.3 Å². The Bertz CT molecular complexity index is 206. The molecule has 1 saturated heterocycles. The Kier molecular flexibility index (Phi) is 5.09. The molecule has 0 bridgehead atoms. The van der Waals surface area contributed by atoms with E-state index < -0.39 is 0 Å². The van der Waals surface area contributed by atoms with Crippen LogP contribution in [0.1, 0.15) is 33.6 Å². The molecule has 0 aromatic heterocycles. The maximum absolute atomic E-state index is 11.1. The van der Waals surface area contributed by atoms with Gasteiger partial charge in [0.2, 0.25) is 5.91 Å². The Morgan fingerprint density at radius 3 is 2.87 bits per heavy atom. The van der Waals surface area contributed by atoms with Gasteiger partial charge in [-0.1, -0.05) is 20.8 Å². The highest BCUT2D eigenvalue weighted by atomic mass is 16.1. The number of nitrogens with zero attached hydrogens (tertiary/aromatic N) is 1. The van der Waals surface area contributed by atoms with Crippen LogP contribution in [-0.2, 0) is 4.79 Å². The second-order valence-electron chi connectivity index (χ2n) is 4.92. The lowest BCUT2D eigenvalue weighted by molar-refractivity contribution is -0.120. The molecule has 0 radical (unpaired) electrons. The van der Waals surface area contributed by atoms with Crippen molar-refractivity contribution < 1.29 is 4.79 Å². The number of hydrogen-bond acceptors (Lipinski definition) is 2. The highest BCUT2D eigenvalue weighted by Gasteiger charge is 2.19. The fourth-order valence-corrected chi connectivity index (χ4v) is 2.11. The minimum Gasteiger partial charge on any atom is -0.356 e. The van der Waals surface area contributed by atoms with Crippen LogP contribution < -0.4 is 5.32 Å². The first-order valence-electron chi connectivity index (χ1n) is 6.10. The summed E-state index contributed by atoms with van der Waals surface area (Å²) in [5.41, 5.74) is 0. The summed E-state index contributed by atoms with van der Waals surface area (Å²) in [6.45, 7) is 10.8. The minimum atomic E-state index is 0.164. The Balaban J connectivity index is 2.13. The summed E-state index contributed by atoms with van der Waals surface area (Å²) in [5.74, 6) is 1.57. The molecule has 0 aliphatic carbocycles. The summed E-state index contributed by atoms with van der Waals surface area (Å²) < 4.78 is 0. The molecule has 1 aliphatic heterocycles. The van der Waals surface area contributed by atoms with E-state index in [2.05, 4.69) is 24.1 Å². The summed E-state index contributed by atoms with van der Waals surface area (Å²) in [6, 6.07) is 0. The summed E-state index contributed by atoms with van der Waals surface area (Å²) in [6.07, 6.45) is 1.92. The molecule has 1 rings (SSSR count).